The van der Waals surface area contributed by atoms with E-state index in [0.717, 1.165) is 97.3 Å². The first-order chi connectivity index (χ1) is 25.9. The minimum Gasteiger partial charge on any atom is -0.330 e. The summed E-state index contributed by atoms with van der Waals surface area (Å²) in [6.45, 7) is 56.7. The van der Waals surface area contributed by atoms with Crippen LogP contribution in [0, 0.1) is 16.2 Å². The van der Waals surface area contributed by atoms with E-state index in [2.05, 4.69) is 164 Å². The van der Waals surface area contributed by atoms with Crippen LogP contribution >= 0.6 is 0 Å². The van der Waals surface area contributed by atoms with Crippen LogP contribution in [0.5, 0.6) is 0 Å². The molecular formula is C48H108N10. The summed E-state index contributed by atoms with van der Waals surface area (Å²) >= 11 is 0. The van der Waals surface area contributed by atoms with Crippen molar-refractivity contribution in [3.05, 3.63) is 0 Å². The molecule has 0 aromatic heterocycles. The summed E-state index contributed by atoms with van der Waals surface area (Å²) in [7, 11) is 0. The van der Waals surface area contributed by atoms with Crippen molar-refractivity contribution in [1.82, 2.24) is 25.3 Å². The Hall–Kier alpha value is -0.400. The molecule has 12 N–H and O–H groups in total. The van der Waals surface area contributed by atoms with Crippen LogP contribution in [0.15, 0.2) is 0 Å². The standard InChI is InChI=1S/C48H108N10/c1-39(2,23-31-54-44(11,12)21-28-49)46(15,16)56(36-30-51)33-25-41(5,6)48(19,20)58(35-27-43(9,10)53)38-37-57(34-26-42(7,8)52)47(17,18)40(3,4)24-32-55-45(13,14)22-29-50/h54-55H,21-38,49-53H2,1-20H3. The average Bonchev–Trinajstić information content (AvgIpc) is 3.02. The van der Waals surface area contributed by atoms with Crippen LogP contribution < -0.4 is 39.3 Å². The molecule has 0 atom stereocenters. The van der Waals surface area contributed by atoms with Crippen LogP contribution in [0.2, 0.25) is 0 Å². The molecule has 0 rings (SSSR count). The molecule has 350 valence electrons. The van der Waals surface area contributed by atoms with E-state index >= 15 is 0 Å². The highest BCUT2D eigenvalue weighted by Crippen LogP contribution is 2.44. The Balaban J connectivity index is 6.55. The van der Waals surface area contributed by atoms with Crippen LogP contribution in [0.25, 0.3) is 0 Å². The third kappa shape index (κ3) is 18.5. The molecule has 0 saturated heterocycles. The molecule has 0 saturated carbocycles. The molecular weight excluding hydrogens is 717 g/mol. The molecule has 0 aromatic carbocycles. The van der Waals surface area contributed by atoms with Gasteiger partial charge in [-0.3, -0.25) is 14.7 Å². The number of nitrogens with zero attached hydrogens (tertiary/aromatic N) is 3. The maximum absolute atomic E-state index is 6.71. The van der Waals surface area contributed by atoms with Crippen molar-refractivity contribution in [3.63, 3.8) is 0 Å². The van der Waals surface area contributed by atoms with E-state index < -0.39 is 0 Å². The molecule has 0 bridgehead atoms. The fraction of sp³-hybridized carbons (Fsp3) is 1.00. The van der Waals surface area contributed by atoms with Gasteiger partial charge in [-0.15, -0.1) is 0 Å². The predicted octanol–water partition coefficient (Wildman–Crippen LogP) is 7.12. The Kier molecular flexibility index (Phi) is 22.1. The van der Waals surface area contributed by atoms with Crippen LogP contribution in [-0.4, -0.2) is 125 Å². The van der Waals surface area contributed by atoms with E-state index in [4.69, 9.17) is 28.7 Å². The highest BCUT2D eigenvalue weighted by Gasteiger charge is 2.46. The SMILES string of the molecule is CC(C)(N)CCN(CCN(CCC(C)(C)N)C(C)(C)C(C)(C)CCN(CCN)C(C)(C)C(C)(C)CCNC(C)(C)CCN)C(C)(C)C(C)(C)CCNC(C)(C)CCN. The lowest BCUT2D eigenvalue weighted by Gasteiger charge is -2.55. The second kappa shape index (κ2) is 22.3. The Morgan fingerprint density at radius 3 is 0.879 bits per heavy atom. The van der Waals surface area contributed by atoms with Crippen molar-refractivity contribution in [2.75, 3.05) is 72.0 Å². The molecule has 0 aromatic rings. The van der Waals surface area contributed by atoms with E-state index in [0.29, 0.717) is 19.6 Å². The van der Waals surface area contributed by atoms with Crippen molar-refractivity contribution in [3.8, 4) is 0 Å². The largest absolute Gasteiger partial charge is 0.330 e. The first kappa shape index (κ1) is 57.6. The molecule has 10 heteroatoms. The summed E-state index contributed by atoms with van der Waals surface area (Å²) < 4.78 is 0. The van der Waals surface area contributed by atoms with Crippen molar-refractivity contribution in [2.24, 2.45) is 44.9 Å². The first-order valence-corrected chi connectivity index (χ1v) is 23.3. The van der Waals surface area contributed by atoms with Gasteiger partial charge in [-0.25, -0.2) is 0 Å². The molecule has 0 fully saturated rings. The molecule has 0 aliphatic heterocycles. The van der Waals surface area contributed by atoms with Gasteiger partial charge in [0.05, 0.1) is 0 Å². The van der Waals surface area contributed by atoms with Gasteiger partial charge in [0.25, 0.3) is 0 Å². The lowest BCUT2D eigenvalue weighted by molar-refractivity contribution is -0.0452. The number of nitrogens with one attached hydrogen (secondary N) is 2. The maximum atomic E-state index is 6.71. The number of rotatable bonds is 32. The summed E-state index contributed by atoms with van der Waals surface area (Å²) in [4.78, 5) is 8.19. The molecule has 10 nitrogen and oxygen atoms in total. The van der Waals surface area contributed by atoms with Crippen LogP contribution in [-0.2, 0) is 0 Å². The van der Waals surface area contributed by atoms with Crippen molar-refractivity contribution in [2.45, 2.75) is 222 Å². The second-order valence-electron chi connectivity index (χ2n) is 24.5. The Labute approximate surface area is 363 Å². The Bertz CT molecular complexity index is 1140. The first-order valence-electron chi connectivity index (χ1n) is 23.3. The highest BCUT2D eigenvalue weighted by atomic mass is 15.3. The van der Waals surface area contributed by atoms with Crippen LogP contribution in [0.3, 0.4) is 0 Å². The van der Waals surface area contributed by atoms with Gasteiger partial charge >= 0.3 is 0 Å². The molecule has 58 heavy (non-hydrogen) atoms. The van der Waals surface area contributed by atoms with Crippen molar-refractivity contribution < 1.29 is 0 Å². The number of hydrogen-bond donors (Lipinski definition) is 7. The van der Waals surface area contributed by atoms with Crippen molar-refractivity contribution >= 4 is 0 Å². The summed E-state index contributed by atoms with van der Waals surface area (Å²) in [5.41, 5.74) is 31.0. The minimum atomic E-state index is -0.254. The normalized spacial score (nSPS) is 15.1. The fourth-order valence-electron chi connectivity index (χ4n) is 8.20. The van der Waals surface area contributed by atoms with E-state index in [-0.39, 0.29) is 55.0 Å². The fourth-order valence-corrected chi connectivity index (χ4v) is 8.20. The van der Waals surface area contributed by atoms with E-state index in [1.165, 1.54) is 0 Å². The maximum Gasteiger partial charge on any atom is 0.0205 e. The summed E-state index contributed by atoms with van der Waals surface area (Å²) in [5.74, 6) is 0. The molecule has 0 unspecified atom stereocenters. The van der Waals surface area contributed by atoms with Gasteiger partial charge < -0.3 is 39.3 Å². The van der Waals surface area contributed by atoms with E-state index in [9.17, 15) is 0 Å². The smallest absolute Gasteiger partial charge is 0.0205 e. The summed E-state index contributed by atoms with van der Waals surface area (Å²) in [5, 5.41) is 7.60. The van der Waals surface area contributed by atoms with Gasteiger partial charge in [-0.1, -0.05) is 41.5 Å². The van der Waals surface area contributed by atoms with Crippen LogP contribution in [0.1, 0.15) is 183 Å². The minimum absolute atomic E-state index is 0.00646. The van der Waals surface area contributed by atoms with E-state index in [1.54, 1.807) is 0 Å². The van der Waals surface area contributed by atoms with E-state index in [1.807, 2.05) is 0 Å². The van der Waals surface area contributed by atoms with Gasteiger partial charge in [0, 0.05) is 78.0 Å². The predicted molar refractivity (Wildman–Crippen MR) is 258 cm³/mol. The zero-order chi connectivity index (χ0) is 45.9. The zero-order valence-corrected chi connectivity index (χ0v) is 43.0. The van der Waals surface area contributed by atoms with Gasteiger partial charge in [0.15, 0.2) is 0 Å². The molecule has 0 radical (unpaired) electrons. The number of nitrogens with two attached hydrogens (primary N) is 5. The Morgan fingerprint density at radius 2 is 0.603 bits per heavy atom. The molecule has 0 aliphatic rings. The topological polar surface area (TPSA) is 164 Å². The molecule has 0 aliphatic carbocycles. The van der Waals surface area contributed by atoms with Gasteiger partial charge in [-0.2, -0.15) is 0 Å². The average molecular weight is 825 g/mol. The lowest BCUT2D eigenvalue weighted by atomic mass is 9.68. The summed E-state index contributed by atoms with van der Waals surface area (Å²) in [6.07, 6.45) is 6.98. The lowest BCUT2D eigenvalue weighted by Crippen LogP contribution is -2.61. The third-order valence-corrected chi connectivity index (χ3v) is 15.7. The summed E-state index contributed by atoms with van der Waals surface area (Å²) in [6, 6.07) is 0. The zero-order valence-electron chi connectivity index (χ0n) is 43.0. The third-order valence-electron chi connectivity index (χ3n) is 15.7. The highest BCUT2D eigenvalue weighted by molar-refractivity contribution is 5.02. The van der Waals surface area contributed by atoms with Crippen LogP contribution in [0.4, 0.5) is 0 Å². The quantitative estimate of drug-likeness (QED) is 0.0372. The van der Waals surface area contributed by atoms with Gasteiger partial charge in [0.1, 0.15) is 0 Å². The Morgan fingerprint density at radius 1 is 0.328 bits per heavy atom. The molecule has 0 amide bonds. The van der Waals surface area contributed by atoms with Crippen molar-refractivity contribution in [1.29, 1.82) is 0 Å². The molecule has 0 heterocycles. The molecule has 0 spiro atoms. The van der Waals surface area contributed by atoms with Gasteiger partial charge in [-0.05, 0) is 191 Å². The second-order valence-corrected chi connectivity index (χ2v) is 24.5. The van der Waals surface area contributed by atoms with Gasteiger partial charge in [0.2, 0.25) is 0 Å². The number of hydrogen-bond acceptors (Lipinski definition) is 10. The monoisotopic (exact) mass is 825 g/mol.